The average Bonchev–Trinajstić information content (AvgIpc) is 3.49. The SMILES string of the molecule is CC(C)N1CCCC1c1ccccc1SCCC(C)N1CCCC1c1ccccc1C(F)(F)F. The number of benzene rings is 2. The van der Waals surface area contributed by atoms with Gasteiger partial charge in [-0.3, -0.25) is 9.80 Å². The van der Waals surface area contributed by atoms with Crippen molar-refractivity contribution in [2.75, 3.05) is 18.8 Å². The number of rotatable bonds is 8. The van der Waals surface area contributed by atoms with Gasteiger partial charge in [-0.2, -0.15) is 13.2 Å². The fourth-order valence-electron chi connectivity index (χ4n) is 5.83. The van der Waals surface area contributed by atoms with Crippen molar-refractivity contribution in [3.63, 3.8) is 0 Å². The van der Waals surface area contributed by atoms with Gasteiger partial charge in [0.2, 0.25) is 0 Å². The smallest absolute Gasteiger partial charge is 0.294 e. The van der Waals surface area contributed by atoms with E-state index >= 15 is 0 Å². The van der Waals surface area contributed by atoms with E-state index in [1.54, 1.807) is 12.1 Å². The molecule has 3 unspecified atom stereocenters. The first-order valence-electron chi connectivity index (χ1n) is 12.7. The Labute approximate surface area is 206 Å². The number of hydrogen-bond donors (Lipinski definition) is 0. The van der Waals surface area contributed by atoms with Crippen LogP contribution in [0.15, 0.2) is 53.4 Å². The molecule has 2 aliphatic rings. The molecule has 186 valence electrons. The van der Waals surface area contributed by atoms with Crippen LogP contribution in [0.5, 0.6) is 0 Å². The van der Waals surface area contributed by atoms with E-state index in [4.69, 9.17) is 0 Å². The van der Waals surface area contributed by atoms with Crippen molar-refractivity contribution in [3.05, 3.63) is 65.2 Å². The van der Waals surface area contributed by atoms with Gasteiger partial charge >= 0.3 is 6.18 Å². The summed E-state index contributed by atoms with van der Waals surface area (Å²) in [6.07, 6.45) is 0.846. The molecule has 4 rings (SSSR count). The second-order valence-electron chi connectivity index (χ2n) is 9.99. The Kier molecular flexibility index (Phi) is 8.32. The maximum atomic E-state index is 13.6. The van der Waals surface area contributed by atoms with Crippen molar-refractivity contribution >= 4 is 11.8 Å². The van der Waals surface area contributed by atoms with Crippen LogP contribution in [0.2, 0.25) is 0 Å². The Morgan fingerprint density at radius 3 is 2.12 bits per heavy atom. The highest BCUT2D eigenvalue weighted by atomic mass is 32.2. The molecule has 0 saturated carbocycles. The third kappa shape index (κ3) is 5.66. The largest absolute Gasteiger partial charge is 0.416 e. The summed E-state index contributed by atoms with van der Waals surface area (Å²) in [5.74, 6) is 0.969. The molecule has 2 aromatic carbocycles. The van der Waals surface area contributed by atoms with Crippen LogP contribution < -0.4 is 0 Å². The minimum Gasteiger partial charge on any atom is -0.294 e. The van der Waals surface area contributed by atoms with Crippen LogP contribution in [0.25, 0.3) is 0 Å². The van der Waals surface area contributed by atoms with Crippen molar-refractivity contribution in [3.8, 4) is 0 Å². The Morgan fingerprint density at radius 2 is 1.44 bits per heavy atom. The summed E-state index contributed by atoms with van der Waals surface area (Å²) in [5, 5.41) is 0. The van der Waals surface area contributed by atoms with Crippen LogP contribution in [0, 0.1) is 0 Å². The highest BCUT2D eigenvalue weighted by Crippen LogP contribution is 2.42. The van der Waals surface area contributed by atoms with E-state index in [9.17, 15) is 13.2 Å². The second-order valence-corrected chi connectivity index (χ2v) is 11.1. The molecular formula is C28H37F3N2S. The molecule has 3 atom stereocenters. The van der Waals surface area contributed by atoms with Crippen molar-refractivity contribution in [1.29, 1.82) is 0 Å². The Morgan fingerprint density at radius 1 is 0.853 bits per heavy atom. The summed E-state index contributed by atoms with van der Waals surface area (Å²) in [6.45, 7) is 8.76. The molecule has 2 aliphatic heterocycles. The fourth-order valence-corrected chi connectivity index (χ4v) is 7.05. The molecule has 34 heavy (non-hydrogen) atoms. The molecule has 0 spiro atoms. The minimum absolute atomic E-state index is 0.150. The van der Waals surface area contributed by atoms with E-state index in [2.05, 4.69) is 54.8 Å². The van der Waals surface area contributed by atoms with Gasteiger partial charge in [0.05, 0.1) is 5.56 Å². The van der Waals surface area contributed by atoms with Gasteiger partial charge in [-0.05, 0) is 95.0 Å². The third-order valence-corrected chi connectivity index (χ3v) is 8.64. The van der Waals surface area contributed by atoms with Crippen LogP contribution in [0.3, 0.4) is 0 Å². The quantitative estimate of drug-likeness (QED) is 0.347. The lowest BCUT2D eigenvalue weighted by molar-refractivity contribution is -0.138. The molecule has 2 saturated heterocycles. The molecule has 2 aromatic rings. The van der Waals surface area contributed by atoms with Gasteiger partial charge in [0, 0.05) is 29.1 Å². The van der Waals surface area contributed by atoms with Gasteiger partial charge in [0.15, 0.2) is 0 Å². The molecule has 2 nitrogen and oxygen atoms in total. The summed E-state index contributed by atoms with van der Waals surface area (Å²) in [6, 6.07) is 16.0. The van der Waals surface area contributed by atoms with E-state index in [1.165, 1.54) is 35.4 Å². The van der Waals surface area contributed by atoms with E-state index in [1.807, 2.05) is 11.8 Å². The zero-order valence-corrected chi connectivity index (χ0v) is 21.3. The summed E-state index contributed by atoms with van der Waals surface area (Å²) < 4.78 is 40.9. The Balaban J connectivity index is 1.41. The third-order valence-electron chi connectivity index (χ3n) is 7.51. The lowest BCUT2D eigenvalue weighted by Crippen LogP contribution is -2.34. The standard InChI is InChI=1S/C28H37F3N2S/c1-20(2)32-17-8-14-26(32)23-11-5-7-15-27(23)34-19-16-21(3)33-18-9-13-25(33)22-10-4-6-12-24(22)28(29,30)31/h4-7,10-12,15,20-21,25-26H,8-9,13-14,16-19H2,1-3H3. The van der Waals surface area contributed by atoms with Crippen molar-refractivity contribution < 1.29 is 13.2 Å². The summed E-state index contributed by atoms with van der Waals surface area (Å²) >= 11 is 1.91. The van der Waals surface area contributed by atoms with Gasteiger partial charge in [-0.1, -0.05) is 36.4 Å². The normalized spacial score (nSPS) is 23.1. The number of alkyl halides is 3. The van der Waals surface area contributed by atoms with Crippen LogP contribution in [-0.2, 0) is 6.18 Å². The zero-order chi connectivity index (χ0) is 24.3. The summed E-state index contributed by atoms with van der Waals surface area (Å²) in [4.78, 5) is 6.26. The van der Waals surface area contributed by atoms with Crippen molar-refractivity contribution in [1.82, 2.24) is 9.80 Å². The number of likely N-dealkylation sites (tertiary alicyclic amines) is 2. The molecule has 0 radical (unpaired) electrons. The molecular weight excluding hydrogens is 453 g/mol. The number of nitrogens with zero attached hydrogens (tertiary/aromatic N) is 2. The fraction of sp³-hybridized carbons (Fsp3) is 0.571. The van der Waals surface area contributed by atoms with Crippen molar-refractivity contribution in [2.24, 2.45) is 0 Å². The monoisotopic (exact) mass is 490 g/mol. The van der Waals surface area contributed by atoms with Gasteiger partial charge < -0.3 is 0 Å². The van der Waals surface area contributed by atoms with Crippen LogP contribution in [0.1, 0.15) is 81.6 Å². The Bertz CT molecular complexity index is 945. The van der Waals surface area contributed by atoms with Gasteiger partial charge in [-0.15, -0.1) is 11.8 Å². The van der Waals surface area contributed by atoms with Crippen molar-refractivity contribution in [2.45, 2.75) is 88.1 Å². The molecule has 0 bridgehead atoms. The maximum absolute atomic E-state index is 13.6. The highest BCUT2D eigenvalue weighted by Gasteiger charge is 2.38. The second kappa shape index (κ2) is 11.0. The van der Waals surface area contributed by atoms with E-state index in [-0.39, 0.29) is 12.1 Å². The predicted octanol–water partition coefficient (Wildman–Crippen LogP) is 7.96. The first-order valence-corrected chi connectivity index (χ1v) is 13.6. The van der Waals surface area contributed by atoms with Gasteiger partial charge in [0.1, 0.15) is 0 Å². The molecule has 0 N–H and O–H groups in total. The molecule has 2 fully saturated rings. The highest BCUT2D eigenvalue weighted by molar-refractivity contribution is 7.99. The minimum atomic E-state index is -4.31. The van der Waals surface area contributed by atoms with E-state index in [0.29, 0.717) is 17.6 Å². The zero-order valence-electron chi connectivity index (χ0n) is 20.5. The van der Waals surface area contributed by atoms with Gasteiger partial charge in [-0.25, -0.2) is 0 Å². The number of hydrogen-bond acceptors (Lipinski definition) is 3. The first kappa shape index (κ1) is 25.6. The van der Waals surface area contributed by atoms with Gasteiger partial charge in [0.25, 0.3) is 0 Å². The molecule has 0 aromatic heterocycles. The topological polar surface area (TPSA) is 6.48 Å². The van der Waals surface area contributed by atoms with Crippen LogP contribution >= 0.6 is 11.8 Å². The molecule has 2 heterocycles. The Hall–Kier alpha value is -1.50. The van der Waals surface area contributed by atoms with E-state index < -0.39 is 11.7 Å². The molecule has 6 heteroatoms. The summed E-state index contributed by atoms with van der Waals surface area (Å²) in [5.41, 5.74) is 1.39. The summed E-state index contributed by atoms with van der Waals surface area (Å²) in [7, 11) is 0. The molecule has 0 aliphatic carbocycles. The maximum Gasteiger partial charge on any atom is 0.416 e. The number of thioether (sulfide) groups is 1. The molecule has 0 amide bonds. The van der Waals surface area contributed by atoms with Crippen LogP contribution in [-0.4, -0.2) is 40.7 Å². The lowest BCUT2D eigenvalue weighted by Gasteiger charge is -2.32. The first-order chi connectivity index (χ1) is 16.3. The van der Waals surface area contributed by atoms with Crippen LogP contribution in [0.4, 0.5) is 13.2 Å². The van der Waals surface area contributed by atoms with E-state index in [0.717, 1.165) is 38.1 Å². The lowest BCUT2D eigenvalue weighted by atomic mass is 9.97. The average molecular weight is 491 g/mol. The number of halogens is 3. The predicted molar refractivity (Wildman–Crippen MR) is 135 cm³/mol.